The Morgan fingerprint density at radius 3 is 2.90 bits per heavy atom. The van der Waals surface area contributed by atoms with Gasteiger partial charge in [-0.25, -0.2) is 4.39 Å². The third-order valence-electron chi connectivity index (χ3n) is 4.03. The lowest BCUT2D eigenvalue weighted by Crippen LogP contribution is -2.15. The molecule has 0 saturated heterocycles. The fraction of sp³-hybridized carbons (Fsp3) is 0.190. The Bertz CT molecular complexity index is 1060. The molecule has 30 heavy (non-hydrogen) atoms. The van der Waals surface area contributed by atoms with E-state index in [1.54, 1.807) is 28.8 Å². The predicted octanol–water partition coefficient (Wildman–Crippen LogP) is 4.87. The average molecular weight is 447 g/mol. The van der Waals surface area contributed by atoms with Gasteiger partial charge in [0.1, 0.15) is 18.2 Å². The van der Waals surface area contributed by atoms with E-state index in [0.717, 1.165) is 5.56 Å². The lowest BCUT2D eigenvalue weighted by molar-refractivity contribution is -0.113. The molecular weight excluding hydrogens is 427 g/mol. The van der Waals surface area contributed by atoms with Gasteiger partial charge in [0, 0.05) is 6.54 Å². The number of thioether (sulfide) groups is 1. The topological polar surface area (TPSA) is 69.0 Å². The Kier molecular flexibility index (Phi) is 7.48. The van der Waals surface area contributed by atoms with Crippen molar-refractivity contribution in [3.63, 3.8) is 0 Å². The number of anilines is 1. The van der Waals surface area contributed by atoms with E-state index in [9.17, 15) is 9.18 Å². The zero-order valence-electron chi connectivity index (χ0n) is 16.3. The van der Waals surface area contributed by atoms with Crippen LogP contribution in [0.1, 0.15) is 11.4 Å². The van der Waals surface area contributed by atoms with Crippen molar-refractivity contribution in [3.8, 4) is 5.75 Å². The molecule has 1 heterocycles. The van der Waals surface area contributed by atoms with Crippen molar-refractivity contribution in [2.75, 3.05) is 11.1 Å². The third kappa shape index (κ3) is 5.61. The quantitative estimate of drug-likeness (QED) is 0.375. The number of carbonyl (C=O) groups is 1. The van der Waals surface area contributed by atoms with E-state index in [2.05, 4.69) is 22.1 Å². The van der Waals surface area contributed by atoms with Gasteiger partial charge >= 0.3 is 0 Å². The van der Waals surface area contributed by atoms with E-state index in [-0.39, 0.29) is 24.0 Å². The summed E-state index contributed by atoms with van der Waals surface area (Å²) in [5.41, 5.74) is 1.17. The molecule has 9 heteroatoms. The number of benzene rings is 2. The normalized spacial score (nSPS) is 10.6. The molecule has 0 unspecified atom stereocenters. The molecule has 6 nitrogen and oxygen atoms in total. The predicted molar refractivity (Wildman–Crippen MR) is 116 cm³/mol. The number of halogens is 2. The zero-order valence-corrected chi connectivity index (χ0v) is 17.8. The lowest BCUT2D eigenvalue weighted by atomic mass is 10.2. The number of ether oxygens (including phenoxy) is 1. The summed E-state index contributed by atoms with van der Waals surface area (Å²) in [5.74, 6) is 0.351. The number of rotatable bonds is 9. The van der Waals surface area contributed by atoms with Crippen molar-refractivity contribution in [3.05, 3.63) is 77.3 Å². The average Bonchev–Trinajstić information content (AvgIpc) is 3.11. The molecule has 156 valence electrons. The Morgan fingerprint density at radius 2 is 2.13 bits per heavy atom. The molecule has 3 rings (SSSR count). The van der Waals surface area contributed by atoms with Crippen molar-refractivity contribution in [1.29, 1.82) is 0 Å². The molecule has 0 aliphatic rings. The SMILES string of the molecule is C=CCn1c(COc2cc(C)ccc2Cl)nnc1SCC(=O)Nc1ccccc1F. The van der Waals surface area contributed by atoms with Crippen LogP contribution in [0.3, 0.4) is 0 Å². The molecule has 0 aliphatic carbocycles. The van der Waals surface area contributed by atoms with Crippen LogP contribution >= 0.6 is 23.4 Å². The molecule has 1 N–H and O–H groups in total. The number of nitrogens with one attached hydrogen (secondary N) is 1. The third-order valence-corrected chi connectivity index (χ3v) is 5.31. The first kappa shape index (κ1) is 21.9. The fourth-order valence-corrected chi connectivity index (χ4v) is 3.53. The highest BCUT2D eigenvalue weighted by molar-refractivity contribution is 7.99. The van der Waals surface area contributed by atoms with Crippen LogP contribution in [-0.2, 0) is 17.9 Å². The summed E-state index contributed by atoms with van der Waals surface area (Å²) in [5, 5.41) is 11.9. The number of aryl methyl sites for hydroxylation is 1. The van der Waals surface area contributed by atoms with Crippen LogP contribution in [-0.4, -0.2) is 26.4 Å². The highest BCUT2D eigenvalue weighted by Crippen LogP contribution is 2.26. The molecule has 0 spiro atoms. The van der Waals surface area contributed by atoms with Crippen LogP contribution in [0.2, 0.25) is 5.02 Å². The standard InChI is InChI=1S/C21H20ClFN4O2S/c1-3-10-27-19(12-29-18-11-14(2)8-9-15(18)22)25-26-21(27)30-13-20(28)24-17-7-5-4-6-16(17)23/h3-9,11H,1,10,12-13H2,2H3,(H,24,28). The smallest absolute Gasteiger partial charge is 0.234 e. The summed E-state index contributed by atoms with van der Waals surface area (Å²) in [6, 6.07) is 11.5. The summed E-state index contributed by atoms with van der Waals surface area (Å²) < 4.78 is 21.3. The molecular formula is C21H20ClFN4O2S. The minimum Gasteiger partial charge on any atom is -0.484 e. The molecule has 2 aromatic carbocycles. The molecule has 0 atom stereocenters. The number of carbonyl (C=O) groups excluding carboxylic acids is 1. The Hall–Kier alpha value is -2.84. The van der Waals surface area contributed by atoms with Crippen LogP contribution in [0.4, 0.5) is 10.1 Å². The first-order valence-electron chi connectivity index (χ1n) is 9.07. The lowest BCUT2D eigenvalue weighted by Gasteiger charge is -2.11. The number of aromatic nitrogens is 3. The Morgan fingerprint density at radius 1 is 1.33 bits per heavy atom. The molecule has 0 radical (unpaired) electrons. The van der Waals surface area contributed by atoms with Gasteiger partial charge in [0.15, 0.2) is 11.0 Å². The van der Waals surface area contributed by atoms with Crippen molar-refractivity contribution < 1.29 is 13.9 Å². The molecule has 0 saturated carbocycles. The minimum atomic E-state index is -0.486. The second-order valence-electron chi connectivity index (χ2n) is 6.34. The van der Waals surface area contributed by atoms with Crippen molar-refractivity contribution in [2.24, 2.45) is 0 Å². The van der Waals surface area contributed by atoms with Crippen molar-refractivity contribution >= 4 is 35.0 Å². The van der Waals surface area contributed by atoms with Crippen LogP contribution in [0, 0.1) is 12.7 Å². The van der Waals surface area contributed by atoms with Gasteiger partial charge in [-0.05, 0) is 36.8 Å². The number of amides is 1. The highest BCUT2D eigenvalue weighted by Gasteiger charge is 2.15. The van der Waals surface area contributed by atoms with Gasteiger partial charge in [0.05, 0.1) is 16.5 Å². The van der Waals surface area contributed by atoms with Crippen LogP contribution < -0.4 is 10.1 Å². The van der Waals surface area contributed by atoms with E-state index >= 15 is 0 Å². The summed E-state index contributed by atoms with van der Waals surface area (Å²) in [4.78, 5) is 12.2. The number of para-hydroxylation sites is 1. The number of allylic oxidation sites excluding steroid dienone is 1. The van der Waals surface area contributed by atoms with Gasteiger partial charge in [-0.2, -0.15) is 0 Å². The Labute approximate surface area is 183 Å². The molecule has 1 aromatic heterocycles. The fourth-order valence-electron chi connectivity index (χ4n) is 2.59. The number of hydrogen-bond acceptors (Lipinski definition) is 5. The molecule has 1 amide bonds. The van der Waals surface area contributed by atoms with Crippen LogP contribution in [0.25, 0.3) is 0 Å². The van der Waals surface area contributed by atoms with E-state index in [0.29, 0.717) is 28.3 Å². The molecule has 0 bridgehead atoms. The van der Waals surface area contributed by atoms with Crippen molar-refractivity contribution in [2.45, 2.75) is 25.2 Å². The molecule has 0 fully saturated rings. The van der Waals surface area contributed by atoms with Crippen molar-refractivity contribution in [1.82, 2.24) is 14.8 Å². The number of nitrogens with zero attached hydrogens (tertiary/aromatic N) is 3. The molecule has 3 aromatic rings. The van der Waals surface area contributed by atoms with Crippen LogP contribution in [0.15, 0.2) is 60.3 Å². The van der Waals surface area contributed by atoms with E-state index in [1.165, 1.54) is 23.9 Å². The first-order chi connectivity index (χ1) is 14.5. The molecule has 0 aliphatic heterocycles. The van der Waals surface area contributed by atoms with Gasteiger partial charge in [-0.3, -0.25) is 9.36 Å². The maximum Gasteiger partial charge on any atom is 0.234 e. The largest absolute Gasteiger partial charge is 0.484 e. The summed E-state index contributed by atoms with van der Waals surface area (Å²) in [7, 11) is 0. The van der Waals surface area contributed by atoms with Crippen LogP contribution in [0.5, 0.6) is 5.75 Å². The Balaban J connectivity index is 1.65. The number of hydrogen-bond donors (Lipinski definition) is 1. The van der Waals surface area contributed by atoms with E-state index in [4.69, 9.17) is 16.3 Å². The maximum atomic E-state index is 13.7. The van der Waals surface area contributed by atoms with Gasteiger partial charge in [-0.1, -0.05) is 47.6 Å². The minimum absolute atomic E-state index is 0.0498. The first-order valence-corrected chi connectivity index (χ1v) is 10.4. The second kappa shape index (κ2) is 10.3. The van der Waals surface area contributed by atoms with E-state index in [1.807, 2.05) is 19.1 Å². The summed E-state index contributed by atoms with van der Waals surface area (Å²) in [6.07, 6.45) is 1.70. The zero-order chi connectivity index (χ0) is 21.5. The van der Waals surface area contributed by atoms with Gasteiger partial charge in [0.2, 0.25) is 5.91 Å². The van der Waals surface area contributed by atoms with Gasteiger partial charge < -0.3 is 10.1 Å². The van der Waals surface area contributed by atoms with E-state index < -0.39 is 5.82 Å². The van der Waals surface area contributed by atoms with Gasteiger partial charge in [0.25, 0.3) is 0 Å². The second-order valence-corrected chi connectivity index (χ2v) is 7.69. The summed E-state index contributed by atoms with van der Waals surface area (Å²) >= 11 is 7.37. The van der Waals surface area contributed by atoms with Gasteiger partial charge in [-0.15, -0.1) is 16.8 Å². The monoisotopic (exact) mass is 446 g/mol. The maximum absolute atomic E-state index is 13.7. The highest BCUT2D eigenvalue weighted by atomic mass is 35.5. The summed E-state index contributed by atoms with van der Waals surface area (Å²) in [6.45, 7) is 6.31.